The zero-order valence-corrected chi connectivity index (χ0v) is 54.8. The molecule has 0 aliphatic heterocycles. The van der Waals surface area contributed by atoms with Crippen LogP contribution in [0.25, 0.3) is 86.5 Å². The number of para-hydroxylation sites is 2. The minimum Gasteiger partial charge on any atom is -0.356 e. The Labute approximate surface area is 579 Å². The molecule has 474 valence electrons. The summed E-state index contributed by atoms with van der Waals surface area (Å²) in [4.78, 5) is 0. The summed E-state index contributed by atoms with van der Waals surface area (Å²) in [7, 11) is 0. The average Bonchev–Trinajstić information content (AvgIpc) is 0.994. The van der Waals surface area contributed by atoms with Gasteiger partial charge in [-0.1, -0.05) is 315 Å². The van der Waals surface area contributed by atoms with Crippen molar-refractivity contribution >= 4 is 132 Å². The van der Waals surface area contributed by atoms with Gasteiger partial charge in [-0.2, -0.15) is 0 Å². The highest BCUT2D eigenvalue weighted by Crippen LogP contribution is 2.33. The predicted molar refractivity (Wildman–Crippen MR) is 429 cm³/mol. The Balaban J connectivity index is 0.000000106. The summed E-state index contributed by atoms with van der Waals surface area (Å²) in [5, 5.41) is 35.0. The Morgan fingerprint density at radius 2 is 0.354 bits per heavy atom. The van der Waals surface area contributed by atoms with Gasteiger partial charge in [-0.15, -0.1) is 0 Å². The van der Waals surface area contributed by atoms with Crippen LogP contribution in [0.1, 0.15) is 0 Å². The Hall–Kier alpha value is -13.2. The number of hydrogen-bond acceptors (Lipinski definition) is 5. The third kappa shape index (κ3) is 16.3. The fraction of sp³-hybridized carbons (Fsp3) is 0. The van der Waals surface area contributed by atoms with Crippen LogP contribution in [0.2, 0.25) is 0 Å². The van der Waals surface area contributed by atoms with Crippen LogP contribution in [0.5, 0.6) is 0 Å². The molecule has 0 aliphatic carbocycles. The molecule has 5 N–H and O–H groups in total. The van der Waals surface area contributed by atoms with Gasteiger partial charge in [0.15, 0.2) is 0 Å². The smallest absolute Gasteiger partial charge is 0.0464 e. The molecule has 0 bridgehead atoms. The maximum absolute atomic E-state index is 3.59. The van der Waals surface area contributed by atoms with E-state index in [9.17, 15) is 0 Å². The molecule has 0 amide bonds. The summed E-state index contributed by atoms with van der Waals surface area (Å²) in [6.07, 6.45) is 0. The number of anilines is 10. The molecule has 0 heterocycles. The molecule has 0 saturated heterocycles. The fourth-order valence-electron chi connectivity index (χ4n) is 12.3. The molecule has 18 rings (SSSR count). The Bertz CT molecular complexity index is 5550. The van der Waals surface area contributed by atoms with E-state index in [2.05, 4.69) is 397 Å². The minimum atomic E-state index is 1.10. The van der Waals surface area contributed by atoms with Crippen LogP contribution in [0.3, 0.4) is 0 Å². The molecular weight excluding hydrogens is 1200 g/mol. The van der Waals surface area contributed by atoms with Crippen molar-refractivity contribution in [3.8, 4) is 11.1 Å². The third-order valence-electron chi connectivity index (χ3n) is 17.4. The van der Waals surface area contributed by atoms with Gasteiger partial charge in [0.1, 0.15) is 0 Å². The van der Waals surface area contributed by atoms with Gasteiger partial charge in [-0.3, -0.25) is 0 Å². The van der Waals surface area contributed by atoms with Crippen molar-refractivity contribution in [1.82, 2.24) is 0 Å². The minimum absolute atomic E-state index is 1.10. The van der Waals surface area contributed by atoms with E-state index in [0.717, 1.165) is 56.9 Å². The second kappa shape index (κ2) is 31.3. The van der Waals surface area contributed by atoms with E-state index in [1.54, 1.807) is 0 Å². The number of hydrogen-bond donors (Lipinski definition) is 5. The zero-order chi connectivity index (χ0) is 66.6. The summed E-state index contributed by atoms with van der Waals surface area (Å²) >= 11 is 0. The quantitative estimate of drug-likeness (QED) is 0.0893. The number of rotatable bonds is 11. The molecule has 18 aromatic carbocycles. The molecule has 0 aromatic heterocycles. The Kier molecular flexibility index (Phi) is 20.0. The van der Waals surface area contributed by atoms with Crippen molar-refractivity contribution in [2.24, 2.45) is 0 Å². The van der Waals surface area contributed by atoms with Gasteiger partial charge in [-0.05, 0) is 162 Å². The largest absolute Gasteiger partial charge is 0.356 e. The van der Waals surface area contributed by atoms with E-state index in [1.165, 1.54) is 86.5 Å². The molecule has 0 fully saturated rings. The molecule has 5 nitrogen and oxygen atoms in total. The number of fused-ring (bicyclic) bond motifs is 7. The topological polar surface area (TPSA) is 60.1 Å². The molecule has 18 aromatic rings. The molecule has 0 aliphatic rings. The normalized spacial score (nSPS) is 10.6. The predicted octanol–water partition coefficient (Wildman–Crippen LogP) is 26.9. The highest BCUT2D eigenvalue weighted by molar-refractivity contribution is 6.01. The van der Waals surface area contributed by atoms with Crippen molar-refractivity contribution in [3.05, 3.63) is 413 Å². The van der Waals surface area contributed by atoms with Crippen molar-refractivity contribution in [2.45, 2.75) is 0 Å². The van der Waals surface area contributed by atoms with Crippen LogP contribution in [0.4, 0.5) is 56.9 Å². The number of benzene rings is 18. The summed E-state index contributed by atoms with van der Waals surface area (Å²) in [5.41, 5.74) is 13.7. The van der Waals surface area contributed by atoms with Crippen LogP contribution in [-0.2, 0) is 0 Å². The average molecular weight is 1270 g/mol. The van der Waals surface area contributed by atoms with Gasteiger partial charge < -0.3 is 26.6 Å². The molecule has 99 heavy (non-hydrogen) atoms. The van der Waals surface area contributed by atoms with Gasteiger partial charge in [0, 0.05) is 78.4 Å². The van der Waals surface area contributed by atoms with E-state index in [0.29, 0.717) is 0 Å². The number of nitrogens with one attached hydrogen (secondary N) is 5. The maximum Gasteiger partial charge on any atom is 0.0464 e. The molecular formula is C94H73N5. The van der Waals surface area contributed by atoms with E-state index in [-0.39, 0.29) is 0 Å². The first-order chi connectivity index (χ1) is 49.0. The zero-order valence-electron chi connectivity index (χ0n) is 54.8. The molecule has 0 saturated carbocycles. The SMILES string of the molecule is c1ccc(-c2ccc(Nc3ccc4ccccc4c3)cc2)cc1.c1ccc(Nc2ccc3ccccc3c2)cc1.c1ccc(Nc2cccc3ccccc23)cc1.c1ccc2c(Nc3cccc4ccccc34)cccc2c1.c1ccc2cc(Nc3cccc4ccccc34)ccc2c1. The van der Waals surface area contributed by atoms with E-state index >= 15 is 0 Å². The van der Waals surface area contributed by atoms with Crippen molar-refractivity contribution < 1.29 is 0 Å². The van der Waals surface area contributed by atoms with Gasteiger partial charge in [0.2, 0.25) is 0 Å². The van der Waals surface area contributed by atoms with Crippen LogP contribution in [-0.4, -0.2) is 0 Å². The van der Waals surface area contributed by atoms with Crippen molar-refractivity contribution in [1.29, 1.82) is 0 Å². The lowest BCUT2D eigenvalue weighted by atomic mass is 10.1. The van der Waals surface area contributed by atoms with E-state index in [4.69, 9.17) is 0 Å². The summed E-state index contributed by atoms with van der Waals surface area (Å²) in [5.74, 6) is 0. The summed E-state index contributed by atoms with van der Waals surface area (Å²) in [6, 6.07) is 143. The van der Waals surface area contributed by atoms with Gasteiger partial charge >= 0.3 is 0 Å². The fourth-order valence-corrected chi connectivity index (χ4v) is 12.3. The van der Waals surface area contributed by atoms with Gasteiger partial charge in [0.25, 0.3) is 0 Å². The Morgan fingerprint density at radius 1 is 0.121 bits per heavy atom. The highest BCUT2D eigenvalue weighted by atomic mass is 14.9. The van der Waals surface area contributed by atoms with Crippen molar-refractivity contribution in [3.63, 3.8) is 0 Å². The molecule has 0 spiro atoms. The molecule has 0 atom stereocenters. The van der Waals surface area contributed by atoms with Crippen molar-refractivity contribution in [2.75, 3.05) is 26.6 Å². The first-order valence-corrected chi connectivity index (χ1v) is 33.5. The first kappa shape index (κ1) is 63.2. The molecule has 0 radical (unpaired) electrons. The summed E-state index contributed by atoms with van der Waals surface area (Å²) < 4.78 is 0. The van der Waals surface area contributed by atoms with E-state index < -0.39 is 0 Å². The van der Waals surface area contributed by atoms with E-state index in [1.807, 2.05) is 42.5 Å². The van der Waals surface area contributed by atoms with Crippen LogP contribution < -0.4 is 26.6 Å². The van der Waals surface area contributed by atoms with Gasteiger partial charge in [0.05, 0.1) is 0 Å². The maximum atomic E-state index is 3.59. The monoisotopic (exact) mass is 1270 g/mol. The molecule has 5 heteroatoms. The lowest BCUT2D eigenvalue weighted by molar-refractivity contribution is 1.55. The first-order valence-electron chi connectivity index (χ1n) is 33.5. The standard InChI is InChI=1S/C22H17N.2C20H15N.2C16H13N/c1-2-6-17(7-3-1)19-10-13-21(14-11-19)23-22-15-12-18-8-4-5-9-20(18)16-22;1-3-11-17-15(7-1)9-5-13-19(17)21-20-14-6-10-16-8-2-4-12-18(16)20;1-2-8-17-14-18(13-12-15(17)6-1)21-20-11-5-9-16-7-3-4-10-19(16)20;1-2-9-14(10-3-1)17-16-12-6-8-13-7-4-5-11-15(13)16;1-2-8-15(9-3-1)17-16-11-10-13-6-4-5-7-14(13)12-16/h1-16,23H;2*1-14,21H;2*1-12,17H. The second-order valence-corrected chi connectivity index (χ2v) is 24.1. The lowest BCUT2D eigenvalue weighted by Crippen LogP contribution is -1.92. The van der Waals surface area contributed by atoms with Gasteiger partial charge in [-0.25, -0.2) is 0 Å². The van der Waals surface area contributed by atoms with Crippen LogP contribution in [0, 0.1) is 0 Å². The third-order valence-corrected chi connectivity index (χ3v) is 17.4. The Morgan fingerprint density at radius 3 is 0.717 bits per heavy atom. The van der Waals surface area contributed by atoms with Crippen LogP contribution in [0.15, 0.2) is 413 Å². The second-order valence-electron chi connectivity index (χ2n) is 24.1. The molecule has 0 unspecified atom stereocenters. The lowest BCUT2D eigenvalue weighted by Gasteiger charge is -2.12. The van der Waals surface area contributed by atoms with Crippen LogP contribution >= 0.6 is 0 Å². The highest BCUT2D eigenvalue weighted by Gasteiger charge is 2.07. The summed E-state index contributed by atoms with van der Waals surface area (Å²) in [6.45, 7) is 0.